The van der Waals surface area contributed by atoms with Crippen molar-refractivity contribution < 1.29 is 0 Å². The summed E-state index contributed by atoms with van der Waals surface area (Å²) in [7, 11) is 0. The second-order valence-electron chi connectivity index (χ2n) is 7.41. The van der Waals surface area contributed by atoms with Gasteiger partial charge in [0.25, 0.3) is 0 Å². The van der Waals surface area contributed by atoms with Gasteiger partial charge in [-0.15, -0.1) is 0 Å². The smallest absolute Gasteiger partial charge is 0.145 e. The van der Waals surface area contributed by atoms with Crippen LogP contribution in [0.25, 0.3) is 28.0 Å². The van der Waals surface area contributed by atoms with Gasteiger partial charge < -0.3 is 10.3 Å². The molecule has 0 aliphatic heterocycles. The molecular formula is C22H20ClN5. The summed E-state index contributed by atoms with van der Waals surface area (Å²) >= 11 is 6.01. The number of nitrogen functional groups attached to an aromatic ring is 1. The first-order valence-electron chi connectivity index (χ1n) is 9.48. The fourth-order valence-corrected chi connectivity index (χ4v) is 4.33. The largest absolute Gasteiger partial charge is 0.383 e. The van der Waals surface area contributed by atoms with Crippen molar-refractivity contribution in [3.63, 3.8) is 0 Å². The summed E-state index contributed by atoms with van der Waals surface area (Å²) in [4.78, 5) is 12.9. The van der Waals surface area contributed by atoms with Gasteiger partial charge in [-0.25, -0.2) is 9.97 Å². The molecule has 2 atom stereocenters. The second kappa shape index (κ2) is 6.91. The van der Waals surface area contributed by atoms with Crippen molar-refractivity contribution in [3.05, 3.63) is 65.7 Å². The highest BCUT2D eigenvalue weighted by Gasteiger charge is 2.25. The number of benzene rings is 1. The maximum absolute atomic E-state index is 6.01. The van der Waals surface area contributed by atoms with Gasteiger partial charge in [0.15, 0.2) is 0 Å². The number of fused-ring (bicyclic) bond motifs is 2. The van der Waals surface area contributed by atoms with E-state index in [2.05, 4.69) is 56.1 Å². The molecule has 1 saturated carbocycles. The van der Waals surface area contributed by atoms with E-state index < -0.39 is 0 Å². The van der Waals surface area contributed by atoms with Gasteiger partial charge in [0, 0.05) is 23.8 Å². The predicted molar refractivity (Wildman–Crippen MR) is 114 cm³/mol. The summed E-state index contributed by atoms with van der Waals surface area (Å²) in [5, 5.41) is 2.66. The van der Waals surface area contributed by atoms with Gasteiger partial charge in [0.1, 0.15) is 17.8 Å². The third kappa shape index (κ3) is 3.12. The number of hydrogen-bond acceptors (Lipinski definition) is 4. The Morgan fingerprint density at radius 2 is 2.04 bits per heavy atom. The zero-order chi connectivity index (χ0) is 19.1. The van der Waals surface area contributed by atoms with Crippen LogP contribution in [-0.2, 0) is 0 Å². The Bertz CT molecular complexity index is 1200. The fraction of sp³-hybridized carbons (Fsp3) is 0.227. The average molecular weight is 390 g/mol. The molecule has 28 heavy (non-hydrogen) atoms. The molecule has 4 aromatic rings. The minimum Gasteiger partial charge on any atom is -0.383 e. The van der Waals surface area contributed by atoms with E-state index in [1.165, 1.54) is 6.42 Å². The molecule has 1 fully saturated rings. The minimum atomic E-state index is 0.446. The Morgan fingerprint density at radius 1 is 1.11 bits per heavy atom. The van der Waals surface area contributed by atoms with E-state index >= 15 is 0 Å². The molecule has 0 saturated heterocycles. The van der Waals surface area contributed by atoms with Crippen LogP contribution in [0.5, 0.6) is 0 Å². The predicted octanol–water partition coefficient (Wildman–Crippen LogP) is 5.27. The molecule has 3 aromatic heterocycles. The molecule has 140 valence electrons. The van der Waals surface area contributed by atoms with Crippen LogP contribution in [0.4, 0.5) is 5.82 Å². The third-order valence-electron chi connectivity index (χ3n) is 5.61. The van der Waals surface area contributed by atoms with Crippen LogP contribution in [0.3, 0.4) is 0 Å². The fourth-order valence-electron chi connectivity index (χ4n) is 4.17. The van der Waals surface area contributed by atoms with Crippen molar-refractivity contribution in [2.75, 3.05) is 5.73 Å². The number of hydrogen-bond donors (Lipinski definition) is 1. The lowest BCUT2D eigenvalue weighted by atomic mass is 10.0. The van der Waals surface area contributed by atoms with E-state index in [1.54, 1.807) is 12.5 Å². The van der Waals surface area contributed by atoms with Crippen LogP contribution in [0, 0.1) is 5.92 Å². The lowest BCUT2D eigenvalue weighted by Crippen LogP contribution is -2.05. The number of aromatic nitrogens is 4. The quantitative estimate of drug-likeness (QED) is 0.518. The summed E-state index contributed by atoms with van der Waals surface area (Å²) in [5.41, 5.74) is 9.03. The lowest BCUT2D eigenvalue weighted by Gasteiger charge is -2.13. The molecule has 1 aliphatic rings. The standard InChI is InChI=1S/C22H20ClN5/c23-17-11-16-5-3-15(10-20(16)25-12-17)2-1-14-4-6-18(9-14)28-8-7-19-21(24)26-13-27-22(19)28/h1-3,5,7-8,10-14,18H,4,6,9H2,(H2,24,26,27)/b2-1+/t14-,18+/m1/s1. The number of nitrogens with two attached hydrogens (primary N) is 1. The molecule has 0 unspecified atom stereocenters. The zero-order valence-electron chi connectivity index (χ0n) is 15.3. The van der Waals surface area contributed by atoms with Crippen molar-refractivity contribution in [1.82, 2.24) is 19.5 Å². The molecule has 5 nitrogen and oxygen atoms in total. The van der Waals surface area contributed by atoms with Gasteiger partial charge in [-0.05, 0) is 48.9 Å². The van der Waals surface area contributed by atoms with Gasteiger partial charge in [-0.3, -0.25) is 4.98 Å². The van der Waals surface area contributed by atoms with Gasteiger partial charge in [-0.1, -0.05) is 35.9 Å². The SMILES string of the molecule is Nc1ncnc2c1ccn2[C@H]1CC[C@@H](/C=C/c2ccc3cc(Cl)cnc3c2)C1. The molecule has 0 spiro atoms. The van der Waals surface area contributed by atoms with Crippen LogP contribution < -0.4 is 5.73 Å². The summed E-state index contributed by atoms with van der Waals surface area (Å²) in [6, 6.07) is 10.7. The number of rotatable bonds is 3. The second-order valence-corrected chi connectivity index (χ2v) is 7.85. The summed E-state index contributed by atoms with van der Waals surface area (Å²) in [5.74, 6) is 1.10. The highest BCUT2D eigenvalue weighted by molar-refractivity contribution is 6.31. The number of halogens is 1. The highest BCUT2D eigenvalue weighted by atomic mass is 35.5. The molecule has 6 heteroatoms. The molecular weight excluding hydrogens is 370 g/mol. The van der Waals surface area contributed by atoms with Crippen LogP contribution in [0.15, 0.2) is 55.1 Å². The monoisotopic (exact) mass is 389 g/mol. The van der Waals surface area contributed by atoms with Gasteiger partial charge in [0.2, 0.25) is 0 Å². The Morgan fingerprint density at radius 3 is 2.96 bits per heavy atom. The highest BCUT2D eigenvalue weighted by Crippen LogP contribution is 2.37. The van der Waals surface area contributed by atoms with Crippen molar-refractivity contribution in [1.29, 1.82) is 0 Å². The summed E-state index contributed by atoms with van der Waals surface area (Å²) < 4.78 is 2.25. The van der Waals surface area contributed by atoms with E-state index in [4.69, 9.17) is 17.3 Å². The molecule has 2 N–H and O–H groups in total. The van der Waals surface area contributed by atoms with E-state index in [0.29, 0.717) is 22.8 Å². The first-order chi connectivity index (χ1) is 13.7. The lowest BCUT2D eigenvalue weighted by molar-refractivity contribution is 0.518. The summed E-state index contributed by atoms with van der Waals surface area (Å²) in [6.45, 7) is 0. The molecule has 5 rings (SSSR count). The topological polar surface area (TPSA) is 69.6 Å². The van der Waals surface area contributed by atoms with E-state index in [9.17, 15) is 0 Å². The Hall–Kier alpha value is -2.92. The number of nitrogens with zero attached hydrogens (tertiary/aromatic N) is 4. The molecule has 0 radical (unpaired) electrons. The van der Waals surface area contributed by atoms with Gasteiger partial charge in [-0.2, -0.15) is 0 Å². The zero-order valence-corrected chi connectivity index (χ0v) is 16.0. The van der Waals surface area contributed by atoms with Gasteiger partial charge in [0.05, 0.1) is 15.9 Å². The third-order valence-corrected chi connectivity index (χ3v) is 5.82. The Balaban J connectivity index is 1.33. The van der Waals surface area contributed by atoms with Crippen LogP contribution >= 0.6 is 11.6 Å². The molecule has 0 bridgehead atoms. The maximum Gasteiger partial charge on any atom is 0.145 e. The van der Waals surface area contributed by atoms with Crippen LogP contribution in [0.1, 0.15) is 30.9 Å². The first kappa shape index (κ1) is 17.2. The van der Waals surface area contributed by atoms with Crippen molar-refractivity contribution in [3.8, 4) is 0 Å². The Kier molecular flexibility index (Phi) is 4.24. The maximum atomic E-state index is 6.01. The summed E-state index contributed by atoms with van der Waals surface area (Å²) in [6.07, 6.45) is 13.3. The van der Waals surface area contributed by atoms with Gasteiger partial charge >= 0.3 is 0 Å². The van der Waals surface area contributed by atoms with Crippen molar-refractivity contribution >= 4 is 45.4 Å². The number of allylic oxidation sites excluding steroid dienone is 1. The molecule has 1 aliphatic carbocycles. The Labute approximate surface area is 167 Å². The van der Waals surface area contributed by atoms with Crippen molar-refractivity contribution in [2.24, 2.45) is 5.92 Å². The number of anilines is 1. The van der Waals surface area contributed by atoms with Crippen molar-refractivity contribution in [2.45, 2.75) is 25.3 Å². The normalized spacial score (nSPS) is 19.9. The molecule has 3 heterocycles. The van der Waals surface area contributed by atoms with E-state index in [-0.39, 0.29) is 0 Å². The molecule has 0 amide bonds. The minimum absolute atomic E-state index is 0.446. The van der Waals surface area contributed by atoms with Crippen LogP contribution in [-0.4, -0.2) is 19.5 Å². The van der Waals surface area contributed by atoms with E-state index in [1.807, 2.05) is 12.1 Å². The molecule has 1 aromatic carbocycles. The van der Waals surface area contributed by atoms with Crippen LogP contribution in [0.2, 0.25) is 5.02 Å². The first-order valence-corrected chi connectivity index (χ1v) is 9.86. The van der Waals surface area contributed by atoms with E-state index in [0.717, 1.165) is 40.3 Å². The number of pyridine rings is 1. The average Bonchev–Trinajstić information content (AvgIpc) is 3.33.